The molecule has 0 spiro atoms. The fraction of sp³-hybridized carbons (Fsp3) is 0.154. The Balaban J connectivity index is 1.59. The van der Waals surface area contributed by atoms with Gasteiger partial charge in [0.15, 0.2) is 22.9 Å². The van der Waals surface area contributed by atoms with Crippen LogP contribution in [0.2, 0.25) is 5.02 Å². The van der Waals surface area contributed by atoms with Crippen molar-refractivity contribution in [2.45, 2.75) is 12.6 Å². The number of amides is 1. The molecule has 0 saturated carbocycles. The third-order valence-electron chi connectivity index (χ3n) is 5.88. The van der Waals surface area contributed by atoms with E-state index in [1.807, 2.05) is 12.1 Å². The summed E-state index contributed by atoms with van der Waals surface area (Å²) in [4.78, 5) is 28.2. The van der Waals surface area contributed by atoms with Crippen LogP contribution < -0.4 is 9.47 Å². The van der Waals surface area contributed by atoms with Crippen LogP contribution in [0.1, 0.15) is 27.9 Å². The monoisotopic (exact) mass is 493 g/mol. The molecule has 1 N–H and O–H groups in total. The molecule has 4 aromatic rings. The van der Waals surface area contributed by atoms with E-state index in [-0.39, 0.29) is 17.9 Å². The van der Waals surface area contributed by atoms with E-state index >= 15 is 0 Å². The maximum atomic E-state index is 13.7. The fourth-order valence-electron chi connectivity index (χ4n) is 4.29. The Hall–Kier alpha value is -4.17. The first-order valence-corrected chi connectivity index (χ1v) is 11.0. The Bertz CT molecular complexity index is 1470. The molecule has 1 unspecified atom stereocenters. The lowest BCUT2D eigenvalue weighted by atomic mass is 9.99. The molecule has 35 heavy (non-hydrogen) atoms. The molecule has 1 aliphatic rings. The van der Waals surface area contributed by atoms with Gasteiger partial charge in [-0.15, -0.1) is 0 Å². The van der Waals surface area contributed by atoms with Gasteiger partial charge in [0.2, 0.25) is 5.78 Å². The second-order valence-electron chi connectivity index (χ2n) is 7.89. The van der Waals surface area contributed by atoms with Crippen LogP contribution in [0.5, 0.6) is 11.5 Å². The summed E-state index contributed by atoms with van der Waals surface area (Å²) in [7, 11) is 2.99. The summed E-state index contributed by atoms with van der Waals surface area (Å²) in [5, 5.41) is 11.8. The molecule has 0 aliphatic carbocycles. The molecule has 3 heterocycles. The number of ketones is 1. The Morgan fingerprint density at radius 1 is 1.09 bits per heavy atom. The van der Waals surface area contributed by atoms with Crippen LogP contribution in [0.15, 0.2) is 81.0 Å². The van der Waals surface area contributed by atoms with Crippen molar-refractivity contribution in [1.29, 1.82) is 0 Å². The maximum absolute atomic E-state index is 13.7. The highest BCUT2D eigenvalue weighted by Gasteiger charge is 2.46. The number of halogens is 1. The van der Waals surface area contributed by atoms with Gasteiger partial charge in [-0.25, -0.2) is 0 Å². The zero-order valence-electron chi connectivity index (χ0n) is 18.8. The molecule has 0 bridgehead atoms. The lowest BCUT2D eigenvalue weighted by Crippen LogP contribution is -2.30. The molecule has 8 nitrogen and oxygen atoms in total. The third-order valence-corrected chi connectivity index (χ3v) is 6.10. The van der Waals surface area contributed by atoms with E-state index in [1.165, 1.54) is 31.4 Å². The molecule has 0 radical (unpaired) electrons. The number of nitrogens with zero attached hydrogens (tertiary/aromatic N) is 1. The quantitative estimate of drug-likeness (QED) is 0.340. The van der Waals surface area contributed by atoms with Crippen molar-refractivity contribution in [3.05, 3.63) is 94.3 Å². The minimum Gasteiger partial charge on any atom is -0.503 e. The Morgan fingerprint density at radius 2 is 1.86 bits per heavy atom. The lowest BCUT2D eigenvalue weighted by Gasteiger charge is -2.25. The summed E-state index contributed by atoms with van der Waals surface area (Å²) in [6.45, 7) is 0.0681. The first-order chi connectivity index (χ1) is 16.9. The Labute approximate surface area is 204 Å². The number of fused-ring (bicyclic) bond motifs is 1. The van der Waals surface area contributed by atoms with Gasteiger partial charge in [0.05, 0.1) is 32.6 Å². The van der Waals surface area contributed by atoms with Crippen molar-refractivity contribution in [2.75, 3.05) is 14.2 Å². The maximum Gasteiger partial charge on any atom is 0.290 e. The van der Waals surface area contributed by atoms with E-state index in [2.05, 4.69) is 0 Å². The number of hydrogen-bond acceptors (Lipinski definition) is 7. The molecule has 178 valence electrons. The molecule has 0 fully saturated rings. The van der Waals surface area contributed by atoms with Gasteiger partial charge in [-0.05, 0) is 30.3 Å². The average Bonchev–Trinajstić information content (AvgIpc) is 3.59. The Morgan fingerprint density at radius 3 is 2.57 bits per heavy atom. The molecule has 1 aliphatic heterocycles. The largest absolute Gasteiger partial charge is 0.503 e. The second kappa shape index (κ2) is 8.88. The summed E-state index contributed by atoms with van der Waals surface area (Å²) in [6.07, 6.45) is 1.44. The number of aliphatic hydroxyl groups is 1. The molecule has 1 atom stereocenters. The number of para-hydroxylation sites is 1. The van der Waals surface area contributed by atoms with Crippen LogP contribution in [0.3, 0.4) is 0 Å². The predicted molar refractivity (Wildman–Crippen MR) is 127 cm³/mol. The van der Waals surface area contributed by atoms with Gasteiger partial charge < -0.3 is 28.3 Å². The lowest BCUT2D eigenvalue weighted by molar-refractivity contribution is -0.130. The minimum atomic E-state index is -0.978. The number of furan rings is 2. The van der Waals surface area contributed by atoms with Crippen molar-refractivity contribution in [1.82, 2.24) is 4.90 Å². The van der Waals surface area contributed by atoms with Gasteiger partial charge in [0.25, 0.3) is 5.91 Å². The van der Waals surface area contributed by atoms with E-state index in [9.17, 15) is 14.7 Å². The van der Waals surface area contributed by atoms with Crippen LogP contribution in [0.4, 0.5) is 0 Å². The molecule has 2 aromatic carbocycles. The normalized spacial score (nSPS) is 15.8. The molecular weight excluding hydrogens is 474 g/mol. The number of carbonyl (C=O) groups excluding carboxylic acids is 2. The molecular formula is C26H20ClNO7. The van der Waals surface area contributed by atoms with Crippen molar-refractivity contribution in [2.24, 2.45) is 0 Å². The number of carbonyl (C=O) groups is 2. The van der Waals surface area contributed by atoms with E-state index in [1.54, 1.807) is 36.4 Å². The third kappa shape index (κ3) is 3.81. The van der Waals surface area contributed by atoms with Gasteiger partial charge in [-0.3, -0.25) is 9.59 Å². The van der Waals surface area contributed by atoms with Crippen LogP contribution in [-0.2, 0) is 11.3 Å². The van der Waals surface area contributed by atoms with E-state index in [0.717, 1.165) is 0 Å². The van der Waals surface area contributed by atoms with Crippen LogP contribution in [0.25, 0.3) is 11.0 Å². The molecule has 1 amide bonds. The number of aliphatic hydroxyl groups excluding tert-OH is 1. The summed E-state index contributed by atoms with van der Waals surface area (Å²) in [6, 6.07) is 14.2. The molecule has 2 aromatic heterocycles. The summed E-state index contributed by atoms with van der Waals surface area (Å²) in [5.74, 6) is -0.877. The summed E-state index contributed by atoms with van der Waals surface area (Å²) in [5.41, 5.74) is 0.874. The number of ether oxygens (including phenoxy) is 2. The fourth-order valence-corrected chi connectivity index (χ4v) is 4.51. The van der Waals surface area contributed by atoms with Gasteiger partial charge >= 0.3 is 0 Å². The highest BCUT2D eigenvalue weighted by molar-refractivity contribution is 6.31. The first-order valence-electron chi connectivity index (χ1n) is 10.6. The first kappa shape index (κ1) is 22.6. The topological polar surface area (TPSA) is 102 Å². The van der Waals surface area contributed by atoms with E-state index in [0.29, 0.717) is 38.8 Å². The van der Waals surface area contributed by atoms with Gasteiger partial charge in [-0.2, -0.15) is 0 Å². The highest BCUT2D eigenvalue weighted by atomic mass is 35.5. The predicted octanol–water partition coefficient (Wildman–Crippen LogP) is 5.47. The smallest absolute Gasteiger partial charge is 0.290 e. The van der Waals surface area contributed by atoms with Crippen molar-refractivity contribution in [3.8, 4) is 11.5 Å². The number of hydrogen-bond donors (Lipinski definition) is 1. The van der Waals surface area contributed by atoms with E-state index in [4.69, 9.17) is 29.9 Å². The van der Waals surface area contributed by atoms with Gasteiger partial charge in [0, 0.05) is 22.0 Å². The van der Waals surface area contributed by atoms with E-state index < -0.39 is 23.5 Å². The minimum absolute atomic E-state index is 0.0681. The average molecular weight is 494 g/mol. The van der Waals surface area contributed by atoms with Crippen LogP contribution in [0, 0.1) is 0 Å². The summed E-state index contributed by atoms with van der Waals surface area (Å²) >= 11 is 6.14. The molecule has 9 heteroatoms. The number of methoxy groups -OCH3 is 2. The summed E-state index contributed by atoms with van der Waals surface area (Å²) < 4.78 is 22.1. The second-order valence-corrected chi connectivity index (χ2v) is 8.33. The molecule has 0 saturated heterocycles. The SMILES string of the molecule is COc1ccccc1CN1C(=O)C(O)=C(C(=O)c2cc3cc(Cl)cc(OC)c3o2)C1c1ccco1. The highest BCUT2D eigenvalue weighted by Crippen LogP contribution is 2.42. The zero-order valence-corrected chi connectivity index (χ0v) is 19.5. The number of rotatable bonds is 7. The van der Waals surface area contributed by atoms with Crippen LogP contribution in [-0.4, -0.2) is 35.9 Å². The number of benzene rings is 2. The van der Waals surface area contributed by atoms with Gasteiger partial charge in [-0.1, -0.05) is 29.8 Å². The Kier molecular flexibility index (Phi) is 5.74. The van der Waals surface area contributed by atoms with Crippen molar-refractivity contribution in [3.63, 3.8) is 0 Å². The number of Topliss-reactive ketones (excluding diaryl/α,β-unsaturated/α-hetero) is 1. The van der Waals surface area contributed by atoms with Crippen molar-refractivity contribution >= 4 is 34.3 Å². The van der Waals surface area contributed by atoms with Gasteiger partial charge in [0.1, 0.15) is 17.6 Å². The van der Waals surface area contributed by atoms with Crippen LogP contribution >= 0.6 is 11.6 Å². The van der Waals surface area contributed by atoms with Crippen molar-refractivity contribution < 1.29 is 33.0 Å². The standard InChI is InChI=1S/C26H20ClNO7/c1-32-17-7-4-3-6-14(17)13-28-22(18-8-5-9-34-18)21(24(30)26(28)31)23(29)19-11-15-10-16(27)12-20(33-2)25(15)35-19/h3-12,22,30H,13H2,1-2H3. The zero-order chi connectivity index (χ0) is 24.7. The molecule has 5 rings (SSSR count).